The van der Waals surface area contributed by atoms with Crippen LogP contribution in [0, 0.1) is 5.82 Å². The molecule has 25 heavy (non-hydrogen) atoms. The third kappa shape index (κ3) is 3.91. The maximum Gasteiger partial charge on any atom is 0.238 e. The van der Waals surface area contributed by atoms with E-state index in [1.807, 2.05) is 11.0 Å². The highest BCUT2D eigenvalue weighted by Crippen LogP contribution is 2.30. The molecule has 1 aromatic carbocycles. The minimum absolute atomic E-state index is 0.162. The second-order valence-corrected chi connectivity index (χ2v) is 9.07. The quantitative estimate of drug-likeness (QED) is 0.783. The third-order valence-corrected chi connectivity index (χ3v) is 6.53. The molecule has 0 bridgehead atoms. The van der Waals surface area contributed by atoms with Crippen molar-refractivity contribution in [2.24, 2.45) is 0 Å². The number of piperazine rings is 1. The van der Waals surface area contributed by atoms with Crippen molar-refractivity contribution in [3.8, 4) is 0 Å². The lowest BCUT2D eigenvalue weighted by Crippen LogP contribution is -2.51. The molecular weight excluding hydrogens is 367 g/mol. The number of hydrogen-bond donors (Lipinski definition) is 0. The van der Waals surface area contributed by atoms with Gasteiger partial charge in [-0.1, -0.05) is 17.4 Å². The molecule has 0 unspecified atom stereocenters. The van der Waals surface area contributed by atoms with Crippen molar-refractivity contribution >= 4 is 42.6 Å². The Kier molecular flexibility index (Phi) is 4.94. The van der Waals surface area contributed by atoms with Gasteiger partial charge in [0, 0.05) is 33.2 Å². The summed E-state index contributed by atoms with van der Waals surface area (Å²) in [5, 5.41) is 0.737. The van der Waals surface area contributed by atoms with Crippen LogP contribution in [0.5, 0.6) is 0 Å². The summed E-state index contributed by atoms with van der Waals surface area (Å²) in [7, 11) is -1.99. The normalized spacial score (nSPS) is 16.0. The Bertz CT molecular complexity index is 891. The smallest absolute Gasteiger partial charge is 0.238 e. The van der Waals surface area contributed by atoms with Crippen molar-refractivity contribution in [3.63, 3.8) is 0 Å². The van der Waals surface area contributed by atoms with Gasteiger partial charge < -0.3 is 9.80 Å². The first-order valence-electron chi connectivity index (χ1n) is 7.75. The number of thiazole rings is 1. The van der Waals surface area contributed by atoms with Crippen LogP contribution < -0.4 is 4.90 Å². The fraction of sp³-hybridized carbons (Fsp3) is 0.467. The van der Waals surface area contributed by atoms with E-state index in [1.165, 1.54) is 24.5 Å². The molecule has 0 atom stereocenters. The van der Waals surface area contributed by atoms with Crippen LogP contribution >= 0.6 is 11.3 Å². The molecule has 3 rings (SSSR count). The summed E-state index contributed by atoms with van der Waals surface area (Å²) in [4.78, 5) is 20.3. The Balaban J connectivity index is 1.63. The number of halogens is 1. The second-order valence-electron chi connectivity index (χ2n) is 5.97. The van der Waals surface area contributed by atoms with Gasteiger partial charge in [0.05, 0.1) is 17.5 Å². The molecule has 2 aromatic rings. The Morgan fingerprint density at radius 2 is 2.00 bits per heavy atom. The van der Waals surface area contributed by atoms with Crippen molar-refractivity contribution in [2.75, 3.05) is 50.9 Å². The van der Waals surface area contributed by atoms with Crippen LogP contribution in [-0.4, -0.2) is 74.5 Å². The first-order valence-corrected chi connectivity index (χ1v) is 10.4. The van der Waals surface area contributed by atoms with E-state index >= 15 is 0 Å². The van der Waals surface area contributed by atoms with Crippen LogP contribution in [0.15, 0.2) is 18.2 Å². The van der Waals surface area contributed by atoms with E-state index in [-0.39, 0.29) is 18.3 Å². The van der Waals surface area contributed by atoms with Gasteiger partial charge in [0.1, 0.15) is 11.3 Å². The van der Waals surface area contributed by atoms with E-state index in [9.17, 15) is 17.6 Å². The zero-order chi connectivity index (χ0) is 18.2. The number of likely N-dealkylation sites (N-methyl/N-ethyl adjacent to an activating group) is 1. The summed E-state index contributed by atoms with van der Waals surface area (Å²) in [6.45, 7) is 1.96. The molecule has 7 nitrogen and oxygen atoms in total. The number of para-hydroxylation sites is 1. The Labute approximate surface area is 149 Å². The molecule has 0 N–H and O–H groups in total. The van der Waals surface area contributed by atoms with Crippen molar-refractivity contribution < 1.29 is 17.6 Å². The number of nitrogens with zero attached hydrogens (tertiary/aromatic N) is 4. The lowest BCUT2D eigenvalue weighted by Gasteiger charge is -2.35. The molecule has 1 fully saturated rings. The average molecular weight is 386 g/mol. The molecule has 136 valence electrons. The molecule has 0 saturated carbocycles. The minimum atomic E-state index is -3.38. The molecule has 1 amide bonds. The van der Waals surface area contributed by atoms with Gasteiger partial charge in [-0.15, -0.1) is 0 Å². The molecule has 2 heterocycles. The third-order valence-electron chi connectivity index (χ3n) is 4.19. The molecule has 1 aromatic heterocycles. The number of carbonyl (C=O) groups is 1. The van der Waals surface area contributed by atoms with Gasteiger partial charge in [0.2, 0.25) is 15.9 Å². The Morgan fingerprint density at radius 3 is 2.60 bits per heavy atom. The second kappa shape index (κ2) is 6.85. The van der Waals surface area contributed by atoms with Crippen LogP contribution in [0.3, 0.4) is 0 Å². The molecule has 1 saturated heterocycles. The summed E-state index contributed by atoms with van der Waals surface area (Å²) in [5.41, 5.74) is 0.371. The molecular formula is C15H19FN4O3S2. The zero-order valence-electron chi connectivity index (χ0n) is 14.0. The standard InChI is InChI=1S/C15H19FN4O3S2/c1-18(25(2,22)23)10-13(21)19-6-8-20(9-7-19)15-17-14-11(16)4-3-5-12(14)24-15/h3-5H,6-10H2,1-2H3. The summed E-state index contributed by atoms with van der Waals surface area (Å²) in [6.07, 6.45) is 1.07. The fourth-order valence-electron chi connectivity index (χ4n) is 2.59. The maximum absolute atomic E-state index is 13.8. The van der Waals surface area contributed by atoms with Gasteiger partial charge >= 0.3 is 0 Å². The highest BCUT2D eigenvalue weighted by molar-refractivity contribution is 7.88. The monoisotopic (exact) mass is 386 g/mol. The van der Waals surface area contributed by atoms with Gasteiger partial charge in [-0.05, 0) is 12.1 Å². The SMILES string of the molecule is CN(CC(=O)N1CCN(c2nc3c(F)cccc3s2)CC1)S(C)(=O)=O. The van der Waals surface area contributed by atoms with Crippen LogP contribution in [0.25, 0.3) is 10.2 Å². The van der Waals surface area contributed by atoms with E-state index in [1.54, 1.807) is 11.0 Å². The lowest BCUT2D eigenvalue weighted by molar-refractivity contribution is -0.131. The minimum Gasteiger partial charge on any atom is -0.345 e. The first kappa shape index (κ1) is 18.0. The fourth-order valence-corrected chi connectivity index (χ4v) is 3.97. The number of amides is 1. The van der Waals surface area contributed by atoms with Gasteiger partial charge in [0.25, 0.3) is 0 Å². The van der Waals surface area contributed by atoms with E-state index in [0.29, 0.717) is 31.7 Å². The summed E-state index contributed by atoms with van der Waals surface area (Å²) in [6, 6.07) is 4.88. The van der Waals surface area contributed by atoms with Crippen LogP contribution in [0.1, 0.15) is 0 Å². The highest BCUT2D eigenvalue weighted by Gasteiger charge is 2.25. The molecule has 10 heteroatoms. The predicted molar refractivity (Wildman–Crippen MR) is 95.8 cm³/mol. The average Bonchev–Trinajstić information content (AvgIpc) is 2.99. The van der Waals surface area contributed by atoms with Gasteiger partial charge in [-0.2, -0.15) is 4.31 Å². The largest absolute Gasteiger partial charge is 0.345 e. The number of aromatic nitrogens is 1. The summed E-state index contributed by atoms with van der Waals surface area (Å²) in [5.74, 6) is -0.555. The maximum atomic E-state index is 13.8. The van der Waals surface area contributed by atoms with Gasteiger partial charge in [-0.3, -0.25) is 4.79 Å². The number of anilines is 1. The number of benzene rings is 1. The number of rotatable bonds is 4. The van der Waals surface area contributed by atoms with Gasteiger partial charge in [0.15, 0.2) is 5.13 Å². The Hall–Kier alpha value is -1.78. The van der Waals surface area contributed by atoms with Crippen molar-refractivity contribution in [1.82, 2.24) is 14.2 Å². The number of carbonyl (C=O) groups excluding carboxylic acids is 1. The molecule has 1 aliphatic rings. The molecule has 0 radical (unpaired) electrons. The van der Waals surface area contributed by atoms with Crippen molar-refractivity contribution in [2.45, 2.75) is 0 Å². The topological polar surface area (TPSA) is 73.8 Å². The van der Waals surface area contributed by atoms with Crippen LogP contribution in [0.4, 0.5) is 9.52 Å². The predicted octanol–water partition coefficient (Wildman–Crippen LogP) is 0.975. The van der Waals surface area contributed by atoms with E-state index in [2.05, 4.69) is 4.98 Å². The van der Waals surface area contributed by atoms with E-state index < -0.39 is 10.0 Å². The number of sulfonamides is 1. The Morgan fingerprint density at radius 1 is 1.32 bits per heavy atom. The van der Waals surface area contributed by atoms with Crippen molar-refractivity contribution in [3.05, 3.63) is 24.0 Å². The van der Waals surface area contributed by atoms with E-state index in [0.717, 1.165) is 20.4 Å². The molecule has 0 spiro atoms. The van der Waals surface area contributed by atoms with Gasteiger partial charge in [-0.25, -0.2) is 17.8 Å². The molecule has 1 aliphatic heterocycles. The molecule has 0 aliphatic carbocycles. The summed E-state index contributed by atoms with van der Waals surface area (Å²) >= 11 is 1.43. The first-order chi connectivity index (χ1) is 11.8. The highest BCUT2D eigenvalue weighted by atomic mass is 32.2. The number of hydrogen-bond acceptors (Lipinski definition) is 6. The summed E-state index contributed by atoms with van der Waals surface area (Å²) < 4.78 is 38.4. The van der Waals surface area contributed by atoms with E-state index in [4.69, 9.17) is 0 Å². The van der Waals surface area contributed by atoms with Crippen molar-refractivity contribution in [1.29, 1.82) is 0 Å². The zero-order valence-corrected chi connectivity index (χ0v) is 15.6. The van der Waals surface area contributed by atoms with Crippen LogP contribution in [0.2, 0.25) is 0 Å². The lowest BCUT2D eigenvalue weighted by atomic mass is 10.3. The van der Waals surface area contributed by atoms with Crippen LogP contribution in [-0.2, 0) is 14.8 Å². The number of fused-ring (bicyclic) bond motifs is 1.